The molecular formula is C30H28F6N6O2S. The number of rotatable bonds is 3. The summed E-state index contributed by atoms with van der Waals surface area (Å²) in [4.78, 5) is 12.2. The number of morpholine rings is 1. The van der Waals surface area contributed by atoms with E-state index in [0.29, 0.717) is 50.2 Å². The van der Waals surface area contributed by atoms with E-state index in [1.807, 2.05) is 0 Å². The molecule has 3 saturated heterocycles. The van der Waals surface area contributed by atoms with Crippen LogP contribution in [0.5, 0.6) is 6.01 Å². The Hall–Kier alpha value is -3.87. The number of nitrogens with zero attached hydrogens (tertiary/aromatic N) is 5. The largest absolute Gasteiger partial charge is 0.467 e. The summed E-state index contributed by atoms with van der Waals surface area (Å²) in [6.07, 6.45) is -2.20. The molecule has 15 heteroatoms. The van der Waals surface area contributed by atoms with E-state index >= 15 is 4.39 Å². The van der Waals surface area contributed by atoms with Gasteiger partial charge in [0, 0.05) is 42.0 Å². The molecule has 0 amide bonds. The number of fused-ring (bicyclic) bond motifs is 3. The minimum absolute atomic E-state index is 0.0674. The summed E-state index contributed by atoms with van der Waals surface area (Å²) in [5.74, 6) is -2.03. The van der Waals surface area contributed by atoms with E-state index in [1.165, 1.54) is 20.0 Å². The molecule has 45 heavy (non-hydrogen) atoms. The van der Waals surface area contributed by atoms with Gasteiger partial charge >= 0.3 is 12.2 Å². The number of alkyl halides is 4. The minimum Gasteiger partial charge on any atom is -0.467 e. The van der Waals surface area contributed by atoms with Crippen molar-refractivity contribution in [2.24, 2.45) is 0 Å². The molecule has 0 bridgehead atoms. The Morgan fingerprint density at radius 1 is 1.16 bits per heavy atom. The zero-order chi connectivity index (χ0) is 32.0. The summed E-state index contributed by atoms with van der Waals surface area (Å²) in [7, 11) is 1.25. The van der Waals surface area contributed by atoms with Gasteiger partial charge in [-0.05, 0) is 43.5 Å². The van der Waals surface area contributed by atoms with Crippen molar-refractivity contribution in [3.05, 3.63) is 41.0 Å². The van der Waals surface area contributed by atoms with E-state index in [0.717, 1.165) is 31.2 Å². The van der Waals surface area contributed by atoms with Gasteiger partial charge in [0.05, 0.1) is 36.2 Å². The molecule has 3 aliphatic heterocycles. The van der Waals surface area contributed by atoms with Crippen molar-refractivity contribution in [3.8, 4) is 23.2 Å². The Labute approximate surface area is 258 Å². The second-order valence-corrected chi connectivity index (χ2v) is 12.1. The van der Waals surface area contributed by atoms with Gasteiger partial charge in [0.25, 0.3) is 0 Å². The van der Waals surface area contributed by atoms with Crippen LogP contribution in [0.4, 0.5) is 37.2 Å². The molecule has 2 aromatic heterocycles. The van der Waals surface area contributed by atoms with Crippen LogP contribution in [0.25, 0.3) is 32.1 Å². The molecule has 238 valence electrons. The van der Waals surface area contributed by atoms with E-state index in [1.54, 1.807) is 11.0 Å². The van der Waals surface area contributed by atoms with Crippen LogP contribution < -0.4 is 15.4 Å². The van der Waals surface area contributed by atoms with Crippen LogP contribution >= 0.6 is 11.3 Å². The predicted octanol–water partition coefficient (Wildman–Crippen LogP) is 6.30. The Morgan fingerprint density at radius 2 is 1.91 bits per heavy atom. The average Bonchev–Trinajstić information content (AvgIpc) is 3.70. The molecule has 0 aliphatic carbocycles. The highest BCUT2D eigenvalue weighted by Gasteiger charge is 2.39. The number of hydrogen-bond acceptors (Lipinski definition) is 9. The number of aromatic nitrogens is 2. The molecule has 0 spiro atoms. The van der Waals surface area contributed by atoms with Gasteiger partial charge in [0.15, 0.2) is 5.82 Å². The van der Waals surface area contributed by atoms with Gasteiger partial charge in [-0.15, -0.1) is 11.3 Å². The van der Waals surface area contributed by atoms with Crippen LogP contribution in [-0.4, -0.2) is 73.6 Å². The predicted molar refractivity (Wildman–Crippen MR) is 158 cm³/mol. The van der Waals surface area contributed by atoms with E-state index in [2.05, 4.69) is 14.9 Å². The first-order chi connectivity index (χ1) is 21.5. The first-order valence-electron chi connectivity index (χ1n) is 14.3. The number of hydrogen-bond donors (Lipinski definition) is 1. The molecule has 5 heterocycles. The number of nitriles is 1. The van der Waals surface area contributed by atoms with Crippen molar-refractivity contribution >= 4 is 43.1 Å². The lowest BCUT2D eigenvalue weighted by Gasteiger charge is -2.29. The maximum atomic E-state index is 16.2. The second kappa shape index (κ2) is 12.1. The molecule has 2 N–H and O–H groups in total. The number of nitrogens with two attached hydrogens (primary N) is 1. The Bertz CT molecular complexity index is 1790. The molecule has 3 aliphatic rings. The number of nitrogen functional groups attached to an aromatic ring is 1. The smallest absolute Gasteiger partial charge is 0.417 e. The zero-order valence-electron chi connectivity index (χ0n) is 24.1. The highest BCUT2D eigenvalue weighted by Crippen LogP contribution is 2.48. The van der Waals surface area contributed by atoms with Crippen LogP contribution in [0.1, 0.15) is 30.4 Å². The quantitative estimate of drug-likeness (QED) is 0.258. The van der Waals surface area contributed by atoms with Gasteiger partial charge in [-0.25, -0.2) is 13.2 Å². The summed E-state index contributed by atoms with van der Waals surface area (Å²) in [5, 5.41) is 9.11. The average molecular weight is 651 g/mol. The lowest BCUT2D eigenvalue weighted by molar-refractivity contribution is -0.137. The van der Waals surface area contributed by atoms with Crippen molar-refractivity contribution in [2.45, 2.75) is 37.7 Å². The number of methoxy groups -OCH3 is 1. The SMILES string of the molecule is COc1nc(N2CCOCC2)c2cc(C(F)(F)F)c(-c3ccc(F)c4sc(N)c(C#N)c34)c(F)c2n1.FC1CC2CCCN2C1. The fourth-order valence-electron chi connectivity index (χ4n) is 6.32. The number of benzene rings is 2. The minimum atomic E-state index is -5.01. The van der Waals surface area contributed by atoms with E-state index in [9.17, 15) is 27.2 Å². The summed E-state index contributed by atoms with van der Waals surface area (Å²) >= 11 is 0.701. The van der Waals surface area contributed by atoms with Gasteiger partial charge in [-0.1, -0.05) is 6.07 Å². The number of thiophene rings is 1. The van der Waals surface area contributed by atoms with Gasteiger partial charge in [-0.2, -0.15) is 28.4 Å². The van der Waals surface area contributed by atoms with E-state index < -0.39 is 40.6 Å². The number of halogens is 6. The van der Waals surface area contributed by atoms with Crippen LogP contribution in [0.15, 0.2) is 18.2 Å². The first kappa shape index (κ1) is 31.1. The fraction of sp³-hybridized carbons (Fsp3) is 0.433. The molecule has 2 unspecified atom stereocenters. The van der Waals surface area contributed by atoms with Crippen LogP contribution in [0, 0.1) is 23.0 Å². The molecule has 7 rings (SSSR count). The molecule has 8 nitrogen and oxygen atoms in total. The Kier molecular flexibility index (Phi) is 8.40. The highest BCUT2D eigenvalue weighted by molar-refractivity contribution is 7.23. The van der Waals surface area contributed by atoms with Crippen molar-refractivity contribution in [1.29, 1.82) is 5.26 Å². The molecule has 0 radical (unpaired) electrons. The molecule has 4 aromatic rings. The van der Waals surface area contributed by atoms with Crippen LogP contribution in [-0.2, 0) is 10.9 Å². The lowest BCUT2D eigenvalue weighted by Crippen LogP contribution is -2.37. The molecule has 3 fully saturated rings. The number of ether oxygens (including phenoxy) is 2. The fourth-order valence-corrected chi connectivity index (χ4v) is 7.27. The molecule has 2 aromatic carbocycles. The Morgan fingerprint density at radius 3 is 2.58 bits per heavy atom. The monoisotopic (exact) mass is 650 g/mol. The van der Waals surface area contributed by atoms with Gasteiger partial charge in [0.2, 0.25) is 0 Å². The summed E-state index contributed by atoms with van der Waals surface area (Å²) in [5.41, 5.74) is 2.67. The number of anilines is 2. The molecular weight excluding hydrogens is 622 g/mol. The second-order valence-electron chi connectivity index (χ2n) is 11.0. The van der Waals surface area contributed by atoms with Crippen molar-refractivity contribution < 1.29 is 35.8 Å². The first-order valence-corrected chi connectivity index (χ1v) is 15.1. The van der Waals surface area contributed by atoms with E-state index in [4.69, 9.17) is 15.2 Å². The third-order valence-electron chi connectivity index (χ3n) is 8.35. The summed E-state index contributed by atoms with van der Waals surface area (Å²) in [6, 6.07) is 4.86. The van der Waals surface area contributed by atoms with E-state index in [-0.39, 0.29) is 43.4 Å². The van der Waals surface area contributed by atoms with Gasteiger partial charge in [0.1, 0.15) is 34.4 Å². The molecule has 0 saturated carbocycles. The summed E-state index contributed by atoms with van der Waals surface area (Å²) in [6.45, 7) is 3.11. The third kappa shape index (κ3) is 5.70. The topological polar surface area (TPSA) is 101 Å². The van der Waals surface area contributed by atoms with Gasteiger partial charge in [-0.3, -0.25) is 4.90 Å². The standard InChI is InChI=1S/C23H16F5N5O2S.C7H12FN/c1-34-22-31-18-11(21(32-22)33-4-6-35-7-5-33)8-13(23(26,27)28)16(17(18)25)10-2-3-14(24)19-15(10)12(9-29)20(30)36-19;8-6-4-7-2-1-3-9(7)5-6/h2-3,8H,4-7,30H2,1H3;6-7H,1-5H2. The van der Waals surface area contributed by atoms with Crippen molar-refractivity contribution in [1.82, 2.24) is 14.9 Å². The molecule has 2 atom stereocenters. The Balaban J connectivity index is 0.000000337. The van der Waals surface area contributed by atoms with Gasteiger partial charge < -0.3 is 20.1 Å². The van der Waals surface area contributed by atoms with Crippen LogP contribution in [0.3, 0.4) is 0 Å². The normalized spacial score (nSPS) is 20.3. The maximum absolute atomic E-state index is 16.2. The lowest BCUT2D eigenvalue weighted by atomic mass is 9.92. The highest BCUT2D eigenvalue weighted by atomic mass is 32.1. The van der Waals surface area contributed by atoms with Crippen LogP contribution in [0.2, 0.25) is 0 Å². The van der Waals surface area contributed by atoms with Crippen molar-refractivity contribution in [2.75, 3.05) is 57.1 Å². The van der Waals surface area contributed by atoms with Crippen molar-refractivity contribution in [3.63, 3.8) is 0 Å². The maximum Gasteiger partial charge on any atom is 0.417 e. The zero-order valence-corrected chi connectivity index (χ0v) is 24.9. The summed E-state index contributed by atoms with van der Waals surface area (Å²) < 4.78 is 96.8. The third-order valence-corrected chi connectivity index (χ3v) is 9.38.